The molecule has 2 atom stereocenters. The molecule has 2 aromatic carbocycles. The Morgan fingerprint density at radius 3 is 2.21 bits per heavy atom. The first-order chi connectivity index (χ1) is 16.0. The molecule has 0 aliphatic rings. The second kappa shape index (κ2) is 12.2. The molecule has 2 aromatic rings. The fraction of sp³-hybridized carbons (Fsp3) is 0.440. The molecule has 7 nitrogen and oxygen atoms in total. The average molecular weight is 508 g/mol. The molecule has 34 heavy (non-hydrogen) atoms. The van der Waals surface area contributed by atoms with Crippen LogP contribution in [0, 0.1) is 0 Å². The fourth-order valence-electron chi connectivity index (χ4n) is 3.39. The molecule has 0 saturated heterocycles. The number of nitrogens with one attached hydrogen (secondary N) is 1. The number of carbonyl (C=O) groups excluding carboxylic acids is 2. The predicted molar refractivity (Wildman–Crippen MR) is 137 cm³/mol. The van der Waals surface area contributed by atoms with Crippen LogP contribution in [0.2, 0.25) is 5.02 Å². The third-order valence-electron chi connectivity index (χ3n) is 5.72. The van der Waals surface area contributed by atoms with Gasteiger partial charge in [-0.15, -0.1) is 0 Å². The van der Waals surface area contributed by atoms with E-state index in [1.165, 1.54) is 4.90 Å². The molecule has 0 heterocycles. The molecule has 0 radical (unpaired) electrons. The fourth-order valence-corrected chi connectivity index (χ4v) is 4.45. The quantitative estimate of drug-likeness (QED) is 0.498. The van der Waals surface area contributed by atoms with Crippen molar-refractivity contribution in [2.75, 3.05) is 17.1 Å². The summed E-state index contributed by atoms with van der Waals surface area (Å²) in [5, 5.41) is 3.41. The van der Waals surface area contributed by atoms with E-state index in [2.05, 4.69) is 5.32 Å². The number of benzene rings is 2. The van der Waals surface area contributed by atoms with Crippen LogP contribution in [-0.2, 0) is 32.6 Å². The summed E-state index contributed by atoms with van der Waals surface area (Å²) < 4.78 is 26.3. The first kappa shape index (κ1) is 27.7. The lowest BCUT2D eigenvalue weighted by Crippen LogP contribution is -2.52. The van der Waals surface area contributed by atoms with Crippen molar-refractivity contribution in [2.45, 2.75) is 59.2 Å². The zero-order chi connectivity index (χ0) is 25.5. The summed E-state index contributed by atoms with van der Waals surface area (Å²) in [6, 6.07) is 13.2. The zero-order valence-corrected chi connectivity index (χ0v) is 22.0. The van der Waals surface area contributed by atoms with Crippen LogP contribution in [0.15, 0.2) is 48.5 Å². The molecule has 2 rings (SSSR count). The highest BCUT2D eigenvalue weighted by atomic mass is 35.5. The summed E-state index contributed by atoms with van der Waals surface area (Å²) >= 11 is 6.12. The number of halogens is 1. The van der Waals surface area contributed by atoms with Crippen molar-refractivity contribution in [1.82, 2.24) is 10.2 Å². The molecule has 0 fully saturated rings. The number of anilines is 1. The summed E-state index contributed by atoms with van der Waals surface area (Å²) in [7, 11) is -3.75. The maximum absolute atomic E-state index is 13.5. The van der Waals surface area contributed by atoms with Crippen LogP contribution in [-0.4, -0.2) is 50.0 Å². The van der Waals surface area contributed by atoms with E-state index in [9.17, 15) is 18.0 Å². The van der Waals surface area contributed by atoms with Crippen LogP contribution in [0.3, 0.4) is 0 Å². The predicted octanol–water partition coefficient (Wildman–Crippen LogP) is 4.00. The molecule has 1 N–H and O–H groups in total. The van der Waals surface area contributed by atoms with Crippen molar-refractivity contribution in [2.24, 2.45) is 0 Å². The monoisotopic (exact) mass is 507 g/mol. The van der Waals surface area contributed by atoms with Gasteiger partial charge in [0.2, 0.25) is 21.8 Å². The summed E-state index contributed by atoms with van der Waals surface area (Å²) in [4.78, 5) is 27.8. The minimum absolute atomic E-state index is 0.0531. The molecule has 0 aliphatic heterocycles. The first-order valence-electron chi connectivity index (χ1n) is 11.4. The minimum atomic E-state index is -3.75. The molecular formula is C25H34ClN3O4S. The van der Waals surface area contributed by atoms with Crippen molar-refractivity contribution in [3.8, 4) is 0 Å². The van der Waals surface area contributed by atoms with Gasteiger partial charge in [0, 0.05) is 17.6 Å². The molecule has 0 spiro atoms. The molecule has 0 aromatic heterocycles. The van der Waals surface area contributed by atoms with Gasteiger partial charge >= 0.3 is 0 Å². The third kappa shape index (κ3) is 7.74. The van der Waals surface area contributed by atoms with Crippen molar-refractivity contribution >= 4 is 39.1 Å². The molecule has 2 amide bonds. The van der Waals surface area contributed by atoms with Gasteiger partial charge in [0.25, 0.3) is 0 Å². The van der Waals surface area contributed by atoms with Gasteiger partial charge in [-0.3, -0.25) is 13.9 Å². The van der Waals surface area contributed by atoms with Gasteiger partial charge in [0.1, 0.15) is 12.6 Å². The molecule has 0 unspecified atom stereocenters. The van der Waals surface area contributed by atoms with Gasteiger partial charge in [-0.25, -0.2) is 8.42 Å². The van der Waals surface area contributed by atoms with Gasteiger partial charge in [0.05, 0.1) is 11.9 Å². The number of hydrogen-bond donors (Lipinski definition) is 1. The van der Waals surface area contributed by atoms with E-state index >= 15 is 0 Å². The molecular weight excluding hydrogens is 474 g/mol. The largest absolute Gasteiger partial charge is 0.352 e. The smallest absolute Gasteiger partial charge is 0.244 e. The van der Waals surface area contributed by atoms with Gasteiger partial charge in [-0.05, 0) is 62.1 Å². The maximum Gasteiger partial charge on any atom is 0.244 e. The summed E-state index contributed by atoms with van der Waals surface area (Å²) in [5.41, 5.74) is 2.19. The highest BCUT2D eigenvalue weighted by Gasteiger charge is 2.30. The lowest BCUT2D eigenvalue weighted by Gasteiger charge is -2.32. The Kier molecular flexibility index (Phi) is 9.94. The Morgan fingerprint density at radius 2 is 1.68 bits per heavy atom. The van der Waals surface area contributed by atoms with Crippen molar-refractivity contribution in [3.05, 3.63) is 64.7 Å². The normalized spacial score (nSPS) is 13.1. The minimum Gasteiger partial charge on any atom is -0.352 e. The maximum atomic E-state index is 13.5. The molecule has 0 aliphatic carbocycles. The molecule has 0 bridgehead atoms. The SMILES string of the molecule is CCc1ccc(N(CC(=O)N(Cc2cccc(Cl)c2)[C@@H](C)C(=O)N[C@H](C)CC)S(C)(=O)=O)cc1. The number of sulfonamides is 1. The number of aryl methyl sites for hydroxylation is 1. The van der Waals surface area contributed by atoms with E-state index in [4.69, 9.17) is 11.6 Å². The second-order valence-corrected chi connectivity index (χ2v) is 10.8. The topological polar surface area (TPSA) is 86.8 Å². The van der Waals surface area contributed by atoms with Gasteiger partial charge in [-0.2, -0.15) is 0 Å². The van der Waals surface area contributed by atoms with Crippen LogP contribution < -0.4 is 9.62 Å². The number of rotatable bonds is 11. The summed E-state index contributed by atoms with van der Waals surface area (Å²) in [5.74, 6) is -0.792. The lowest BCUT2D eigenvalue weighted by atomic mass is 10.1. The lowest BCUT2D eigenvalue weighted by molar-refractivity contribution is -0.139. The van der Waals surface area contributed by atoms with Crippen LogP contribution in [0.4, 0.5) is 5.69 Å². The Labute approximate surface area is 208 Å². The summed E-state index contributed by atoms with van der Waals surface area (Å²) in [6.45, 7) is 7.18. The Morgan fingerprint density at radius 1 is 1.03 bits per heavy atom. The third-order valence-corrected chi connectivity index (χ3v) is 7.10. The average Bonchev–Trinajstić information content (AvgIpc) is 2.79. The Balaban J connectivity index is 2.37. The van der Waals surface area contributed by atoms with Crippen molar-refractivity contribution in [1.29, 1.82) is 0 Å². The second-order valence-electron chi connectivity index (χ2n) is 8.44. The highest BCUT2D eigenvalue weighted by Crippen LogP contribution is 2.21. The highest BCUT2D eigenvalue weighted by molar-refractivity contribution is 7.92. The number of carbonyl (C=O) groups is 2. The summed E-state index contributed by atoms with van der Waals surface area (Å²) in [6.07, 6.45) is 2.62. The standard InChI is InChI=1S/C25H34ClN3O4S/c1-6-18(3)27-25(31)19(4)28(16-21-9-8-10-22(26)15-21)24(30)17-29(34(5,32)33)23-13-11-20(7-2)12-14-23/h8-15,18-19H,6-7,16-17H2,1-5H3,(H,27,31)/t18-,19+/m1/s1. The number of hydrogen-bond acceptors (Lipinski definition) is 4. The van der Waals surface area contributed by atoms with Crippen LogP contribution in [0.25, 0.3) is 0 Å². The number of amides is 2. The van der Waals surface area contributed by atoms with E-state index in [0.717, 1.165) is 34.5 Å². The van der Waals surface area contributed by atoms with Gasteiger partial charge in [0.15, 0.2) is 0 Å². The molecule has 9 heteroatoms. The molecule has 186 valence electrons. The van der Waals surface area contributed by atoms with Gasteiger partial charge < -0.3 is 10.2 Å². The van der Waals surface area contributed by atoms with E-state index in [-0.39, 0.29) is 18.5 Å². The van der Waals surface area contributed by atoms with Crippen molar-refractivity contribution < 1.29 is 18.0 Å². The zero-order valence-electron chi connectivity index (χ0n) is 20.4. The molecule has 0 saturated carbocycles. The van der Waals surface area contributed by atoms with E-state index in [1.54, 1.807) is 37.3 Å². The van der Waals surface area contributed by atoms with Crippen LogP contribution in [0.1, 0.15) is 45.2 Å². The first-order valence-corrected chi connectivity index (χ1v) is 13.6. The van der Waals surface area contributed by atoms with E-state index < -0.39 is 28.5 Å². The Bertz CT molecular complexity index is 1090. The van der Waals surface area contributed by atoms with Crippen LogP contribution >= 0.6 is 11.6 Å². The number of nitrogens with zero attached hydrogens (tertiary/aromatic N) is 2. The van der Waals surface area contributed by atoms with E-state index in [0.29, 0.717) is 10.7 Å². The van der Waals surface area contributed by atoms with Crippen molar-refractivity contribution in [3.63, 3.8) is 0 Å². The van der Waals surface area contributed by atoms with Gasteiger partial charge in [-0.1, -0.05) is 49.7 Å². The Hall–Kier alpha value is -2.58. The van der Waals surface area contributed by atoms with Crippen LogP contribution in [0.5, 0.6) is 0 Å². The van der Waals surface area contributed by atoms with E-state index in [1.807, 2.05) is 39.0 Å².